The molecule has 0 aromatic carbocycles. The van der Waals surface area contributed by atoms with Crippen molar-refractivity contribution in [2.75, 3.05) is 5.88 Å². The van der Waals surface area contributed by atoms with Crippen LogP contribution in [0.2, 0.25) is 0 Å². The smallest absolute Gasteiger partial charge is 0.329 e. The predicted octanol–water partition coefficient (Wildman–Crippen LogP) is 4.28. The van der Waals surface area contributed by atoms with Gasteiger partial charge in [0.25, 0.3) is 5.56 Å². The van der Waals surface area contributed by atoms with Crippen molar-refractivity contribution in [3.63, 3.8) is 0 Å². The zero-order chi connectivity index (χ0) is 20.7. The molecule has 2 aromatic heterocycles. The average Bonchev–Trinajstić information content (AvgIpc) is 2.56. The Bertz CT molecular complexity index is 822. The van der Waals surface area contributed by atoms with Gasteiger partial charge in [-0.15, -0.1) is 11.6 Å². The number of halogens is 7. The van der Waals surface area contributed by atoms with Crippen LogP contribution in [0.25, 0.3) is 0 Å². The Morgan fingerprint density at radius 1 is 0.889 bits per heavy atom. The minimum absolute atomic E-state index is 0.259. The van der Waals surface area contributed by atoms with Crippen LogP contribution in [0.5, 0.6) is 0 Å². The summed E-state index contributed by atoms with van der Waals surface area (Å²) in [7, 11) is 0. The van der Waals surface area contributed by atoms with Gasteiger partial charge in [0.2, 0.25) is 5.56 Å². The maximum Gasteiger partial charge on any atom is 0.417 e. The summed E-state index contributed by atoms with van der Waals surface area (Å²) in [5.41, 5.74) is -2.63. The van der Waals surface area contributed by atoms with Gasteiger partial charge < -0.3 is 9.55 Å². The summed E-state index contributed by atoms with van der Waals surface area (Å²) in [6, 6.07) is 3.30. The molecule has 0 fully saturated rings. The third-order valence-electron chi connectivity index (χ3n) is 3.20. The van der Waals surface area contributed by atoms with Gasteiger partial charge in [-0.05, 0) is 25.0 Å². The van der Waals surface area contributed by atoms with E-state index < -0.39 is 34.6 Å². The first-order valence-electron chi connectivity index (χ1n) is 7.54. The fourth-order valence-corrected chi connectivity index (χ4v) is 2.03. The van der Waals surface area contributed by atoms with Crippen LogP contribution in [0.15, 0.2) is 46.2 Å². The number of nitrogens with zero attached hydrogens (tertiary/aromatic N) is 1. The molecule has 0 aliphatic heterocycles. The maximum atomic E-state index is 12.4. The molecular weight excluding hydrogens is 402 g/mol. The van der Waals surface area contributed by atoms with E-state index in [1.165, 1.54) is 0 Å². The summed E-state index contributed by atoms with van der Waals surface area (Å²) in [6.07, 6.45) is -6.06. The summed E-state index contributed by atoms with van der Waals surface area (Å²) in [5.74, 6) is 0.438. The first kappa shape index (κ1) is 22.8. The Labute approximate surface area is 154 Å². The molecule has 2 aromatic rings. The summed E-state index contributed by atoms with van der Waals surface area (Å²) in [6.45, 7) is 0.259. The SMILES string of the molecule is O=c1ccc(C(F)(F)F)c[nH]1.O=c1ccc(C(F)(F)F)cn1CCCCCl. The molecule has 0 atom stereocenters. The van der Waals surface area contributed by atoms with Crippen molar-refractivity contribution in [2.45, 2.75) is 31.7 Å². The minimum atomic E-state index is -4.41. The molecular formula is C16H15ClF6N2O2. The number of alkyl halides is 7. The highest BCUT2D eigenvalue weighted by molar-refractivity contribution is 6.17. The molecule has 2 rings (SSSR count). The van der Waals surface area contributed by atoms with Crippen molar-refractivity contribution in [1.29, 1.82) is 0 Å². The van der Waals surface area contributed by atoms with Gasteiger partial charge in [-0.2, -0.15) is 26.3 Å². The lowest BCUT2D eigenvalue weighted by molar-refractivity contribution is -0.138. The molecule has 0 saturated carbocycles. The Kier molecular flexibility index (Phi) is 8.14. The third kappa shape index (κ3) is 7.90. The van der Waals surface area contributed by atoms with Gasteiger partial charge in [-0.25, -0.2) is 0 Å². The Morgan fingerprint density at radius 3 is 1.96 bits per heavy atom. The van der Waals surface area contributed by atoms with E-state index >= 15 is 0 Å². The number of aromatic amines is 1. The van der Waals surface area contributed by atoms with E-state index in [-0.39, 0.29) is 6.54 Å². The first-order valence-corrected chi connectivity index (χ1v) is 8.08. The van der Waals surface area contributed by atoms with Crippen molar-refractivity contribution >= 4 is 11.6 Å². The number of hydrogen-bond donors (Lipinski definition) is 1. The highest BCUT2D eigenvalue weighted by Gasteiger charge is 2.31. The molecule has 0 radical (unpaired) electrons. The molecule has 0 aliphatic rings. The number of rotatable bonds is 4. The van der Waals surface area contributed by atoms with Crippen LogP contribution in [0.1, 0.15) is 24.0 Å². The largest absolute Gasteiger partial charge is 0.417 e. The van der Waals surface area contributed by atoms with Gasteiger partial charge in [0.15, 0.2) is 0 Å². The van der Waals surface area contributed by atoms with Crippen LogP contribution >= 0.6 is 11.6 Å². The van der Waals surface area contributed by atoms with Crippen LogP contribution in [0.3, 0.4) is 0 Å². The molecule has 0 spiro atoms. The second kappa shape index (κ2) is 9.63. The van der Waals surface area contributed by atoms with Crippen LogP contribution in [0.4, 0.5) is 26.3 Å². The van der Waals surface area contributed by atoms with Crippen LogP contribution in [-0.2, 0) is 18.9 Å². The Morgan fingerprint density at radius 2 is 1.48 bits per heavy atom. The topological polar surface area (TPSA) is 54.9 Å². The lowest BCUT2D eigenvalue weighted by Crippen LogP contribution is -2.21. The summed E-state index contributed by atoms with van der Waals surface area (Å²) in [4.78, 5) is 23.5. The van der Waals surface area contributed by atoms with Crippen LogP contribution in [-0.4, -0.2) is 15.4 Å². The monoisotopic (exact) mass is 416 g/mol. The number of aromatic nitrogens is 2. The summed E-state index contributed by atoms with van der Waals surface area (Å²) < 4.78 is 73.5. The second-order valence-corrected chi connectivity index (χ2v) is 5.66. The lowest BCUT2D eigenvalue weighted by Gasteiger charge is -2.10. The molecule has 0 amide bonds. The fraction of sp³-hybridized carbons (Fsp3) is 0.375. The van der Waals surface area contributed by atoms with Gasteiger partial charge in [0.1, 0.15) is 0 Å². The van der Waals surface area contributed by atoms with Crippen molar-refractivity contribution in [3.05, 3.63) is 68.5 Å². The lowest BCUT2D eigenvalue weighted by atomic mass is 10.2. The highest BCUT2D eigenvalue weighted by atomic mass is 35.5. The van der Waals surface area contributed by atoms with Crippen molar-refractivity contribution < 1.29 is 26.3 Å². The minimum Gasteiger partial charge on any atom is -0.329 e. The normalized spacial score (nSPS) is 11.7. The molecule has 4 nitrogen and oxygen atoms in total. The van der Waals surface area contributed by atoms with E-state index in [2.05, 4.69) is 0 Å². The van der Waals surface area contributed by atoms with Gasteiger partial charge in [-0.1, -0.05) is 0 Å². The number of pyridine rings is 2. The Hall–Kier alpha value is -2.23. The molecule has 2 heterocycles. The second-order valence-electron chi connectivity index (χ2n) is 5.28. The number of nitrogens with one attached hydrogen (secondary N) is 1. The highest BCUT2D eigenvalue weighted by Crippen LogP contribution is 2.28. The zero-order valence-electron chi connectivity index (χ0n) is 13.7. The average molecular weight is 417 g/mol. The van der Waals surface area contributed by atoms with E-state index in [9.17, 15) is 35.9 Å². The van der Waals surface area contributed by atoms with Crippen LogP contribution in [0, 0.1) is 0 Å². The summed E-state index contributed by atoms with van der Waals surface area (Å²) >= 11 is 5.44. The molecule has 11 heteroatoms. The fourth-order valence-electron chi connectivity index (χ4n) is 1.84. The molecule has 0 bridgehead atoms. The molecule has 0 aliphatic carbocycles. The van der Waals surface area contributed by atoms with Crippen LogP contribution < -0.4 is 11.1 Å². The molecule has 0 saturated heterocycles. The number of hydrogen-bond acceptors (Lipinski definition) is 2. The van der Waals surface area contributed by atoms with E-state index in [0.717, 1.165) is 35.0 Å². The first-order chi connectivity index (χ1) is 12.4. The van der Waals surface area contributed by atoms with E-state index in [4.69, 9.17) is 11.6 Å². The maximum absolute atomic E-state index is 12.4. The van der Waals surface area contributed by atoms with Gasteiger partial charge in [-0.3, -0.25) is 9.59 Å². The van der Waals surface area contributed by atoms with Gasteiger partial charge >= 0.3 is 12.4 Å². The van der Waals surface area contributed by atoms with Gasteiger partial charge in [0, 0.05) is 37.0 Å². The number of unbranched alkanes of at least 4 members (excludes halogenated alkanes) is 1. The quantitative estimate of drug-likeness (QED) is 0.459. The van der Waals surface area contributed by atoms with E-state index in [1.54, 1.807) is 0 Å². The van der Waals surface area contributed by atoms with E-state index in [1.807, 2.05) is 4.98 Å². The predicted molar refractivity (Wildman–Crippen MR) is 87.7 cm³/mol. The van der Waals surface area contributed by atoms with Crippen molar-refractivity contribution in [3.8, 4) is 0 Å². The zero-order valence-corrected chi connectivity index (χ0v) is 14.5. The van der Waals surface area contributed by atoms with Crippen molar-refractivity contribution in [1.82, 2.24) is 9.55 Å². The third-order valence-corrected chi connectivity index (χ3v) is 3.47. The number of aryl methyl sites for hydroxylation is 1. The molecule has 0 unspecified atom stereocenters. The Balaban J connectivity index is 0.000000289. The van der Waals surface area contributed by atoms with E-state index in [0.29, 0.717) is 24.9 Å². The molecule has 1 N–H and O–H groups in total. The van der Waals surface area contributed by atoms with Gasteiger partial charge in [0.05, 0.1) is 11.1 Å². The molecule has 150 valence electrons. The number of H-pyrrole nitrogens is 1. The van der Waals surface area contributed by atoms with Crippen molar-refractivity contribution in [2.24, 2.45) is 0 Å². The molecule has 27 heavy (non-hydrogen) atoms. The standard InChI is InChI=1S/C10H11ClF3NO.C6H4F3NO/c11-5-1-2-6-15-7-8(10(12,13)14)3-4-9(15)16;7-6(8,9)4-1-2-5(11)10-3-4/h3-4,7H,1-2,5-6H2;1-3H,(H,10,11). The summed E-state index contributed by atoms with van der Waals surface area (Å²) in [5, 5.41) is 0.